The summed E-state index contributed by atoms with van der Waals surface area (Å²) in [5, 5.41) is 3.71. The van der Waals surface area contributed by atoms with Crippen molar-refractivity contribution < 1.29 is 0 Å². The number of benzene rings is 1. The van der Waals surface area contributed by atoms with Crippen LogP contribution in [0.2, 0.25) is 0 Å². The molecular weight excluding hydrogens is 230 g/mol. The first-order chi connectivity index (χ1) is 9.15. The Hall–Kier alpha value is -0.820. The van der Waals surface area contributed by atoms with Crippen molar-refractivity contribution in [3.8, 4) is 0 Å². The number of unbranched alkanes of at least 4 members (excludes halogenated alkanes) is 1. The van der Waals surface area contributed by atoms with E-state index in [2.05, 4.69) is 50.4 Å². The first-order valence-corrected chi connectivity index (χ1v) is 7.95. The van der Waals surface area contributed by atoms with Crippen LogP contribution >= 0.6 is 0 Å². The third-order valence-corrected chi connectivity index (χ3v) is 4.29. The Morgan fingerprint density at radius 2 is 2.00 bits per heavy atom. The van der Waals surface area contributed by atoms with Gasteiger partial charge in [-0.3, -0.25) is 0 Å². The van der Waals surface area contributed by atoms with Gasteiger partial charge in [0.25, 0.3) is 0 Å². The molecule has 0 unspecified atom stereocenters. The van der Waals surface area contributed by atoms with Crippen LogP contribution in [0.4, 0.5) is 0 Å². The molecule has 1 aliphatic rings. The van der Waals surface area contributed by atoms with Gasteiger partial charge in [0.15, 0.2) is 0 Å². The molecule has 1 aromatic rings. The van der Waals surface area contributed by atoms with Crippen molar-refractivity contribution in [2.75, 3.05) is 6.54 Å². The summed E-state index contributed by atoms with van der Waals surface area (Å²) in [6.07, 6.45) is 6.74. The smallest absolute Gasteiger partial charge is 0.00787 e. The maximum atomic E-state index is 3.71. The molecule has 0 saturated heterocycles. The van der Waals surface area contributed by atoms with E-state index in [1.165, 1.54) is 49.8 Å². The second kappa shape index (κ2) is 7.09. The molecule has 0 heterocycles. The van der Waals surface area contributed by atoms with Gasteiger partial charge >= 0.3 is 0 Å². The van der Waals surface area contributed by atoms with Crippen LogP contribution in [0.1, 0.15) is 63.0 Å². The summed E-state index contributed by atoms with van der Waals surface area (Å²) in [5.74, 6) is 1.66. The van der Waals surface area contributed by atoms with E-state index < -0.39 is 0 Å². The molecule has 0 aliphatic heterocycles. The van der Waals surface area contributed by atoms with Gasteiger partial charge in [-0.15, -0.1) is 0 Å². The van der Waals surface area contributed by atoms with Crippen LogP contribution in [0, 0.1) is 12.8 Å². The first kappa shape index (κ1) is 14.6. The molecule has 1 fully saturated rings. The highest BCUT2D eigenvalue weighted by atomic mass is 14.9. The quantitative estimate of drug-likeness (QED) is 0.702. The minimum absolute atomic E-state index is 0.768. The lowest BCUT2D eigenvalue weighted by Gasteiger charge is -2.36. The average molecular weight is 259 g/mol. The van der Waals surface area contributed by atoms with Gasteiger partial charge in [0.2, 0.25) is 0 Å². The first-order valence-electron chi connectivity index (χ1n) is 7.95. The van der Waals surface area contributed by atoms with E-state index in [0.29, 0.717) is 0 Å². The van der Waals surface area contributed by atoms with Gasteiger partial charge in [-0.1, -0.05) is 56.5 Å². The van der Waals surface area contributed by atoms with Crippen LogP contribution in [-0.2, 0) is 0 Å². The maximum absolute atomic E-state index is 3.71. The van der Waals surface area contributed by atoms with E-state index in [1.54, 1.807) is 0 Å². The summed E-state index contributed by atoms with van der Waals surface area (Å²) in [5.41, 5.74) is 2.93. The summed E-state index contributed by atoms with van der Waals surface area (Å²) >= 11 is 0. The van der Waals surface area contributed by atoms with Crippen LogP contribution in [0.3, 0.4) is 0 Å². The lowest BCUT2D eigenvalue weighted by atomic mass is 9.75. The summed E-state index contributed by atoms with van der Waals surface area (Å²) in [6, 6.07) is 9.79. The molecule has 0 amide bonds. The van der Waals surface area contributed by atoms with E-state index in [-0.39, 0.29) is 0 Å². The molecule has 1 nitrogen and oxygen atoms in total. The third kappa shape index (κ3) is 4.65. The van der Waals surface area contributed by atoms with Crippen molar-refractivity contribution >= 4 is 0 Å². The molecule has 2 rings (SSSR count). The van der Waals surface area contributed by atoms with E-state index in [9.17, 15) is 0 Å². The molecule has 0 atom stereocenters. The Kier molecular flexibility index (Phi) is 5.45. The lowest BCUT2D eigenvalue weighted by molar-refractivity contribution is 0.289. The van der Waals surface area contributed by atoms with Gasteiger partial charge in [0.1, 0.15) is 0 Å². The molecule has 1 saturated carbocycles. The monoisotopic (exact) mass is 259 g/mol. The molecule has 1 aliphatic carbocycles. The Bertz CT molecular complexity index is 377. The fourth-order valence-electron chi connectivity index (χ4n) is 2.96. The highest BCUT2D eigenvalue weighted by molar-refractivity contribution is 5.27. The van der Waals surface area contributed by atoms with Crippen LogP contribution < -0.4 is 5.32 Å². The Balaban J connectivity index is 1.59. The molecule has 1 N–H and O–H groups in total. The minimum atomic E-state index is 0.768. The van der Waals surface area contributed by atoms with Crippen molar-refractivity contribution in [3.63, 3.8) is 0 Å². The number of hydrogen-bond donors (Lipinski definition) is 1. The summed E-state index contributed by atoms with van der Waals surface area (Å²) in [4.78, 5) is 0. The van der Waals surface area contributed by atoms with Crippen molar-refractivity contribution in [3.05, 3.63) is 35.4 Å². The summed E-state index contributed by atoms with van der Waals surface area (Å²) in [7, 11) is 0. The Morgan fingerprint density at radius 3 is 2.68 bits per heavy atom. The predicted molar refractivity (Wildman–Crippen MR) is 83.6 cm³/mol. The molecule has 0 bridgehead atoms. The summed E-state index contributed by atoms with van der Waals surface area (Å²) in [6.45, 7) is 8.02. The van der Waals surface area contributed by atoms with Crippen LogP contribution in [0.25, 0.3) is 0 Å². The zero-order valence-electron chi connectivity index (χ0n) is 12.8. The predicted octanol–water partition coefficient (Wildman–Crippen LogP) is 4.66. The fourth-order valence-corrected chi connectivity index (χ4v) is 2.96. The van der Waals surface area contributed by atoms with E-state index in [4.69, 9.17) is 0 Å². The molecule has 1 heteroatoms. The largest absolute Gasteiger partial charge is 0.314 e. The highest BCUT2D eigenvalue weighted by Gasteiger charge is 2.29. The second-order valence-corrected chi connectivity index (χ2v) is 6.62. The van der Waals surface area contributed by atoms with E-state index in [0.717, 1.165) is 17.9 Å². The number of aryl methyl sites for hydroxylation is 1. The van der Waals surface area contributed by atoms with Crippen molar-refractivity contribution in [2.24, 2.45) is 5.92 Å². The molecule has 0 spiro atoms. The topological polar surface area (TPSA) is 12.0 Å². The van der Waals surface area contributed by atoms with Gasteiger partial charge in [0, 0.05) is 6.04 Å². The Morgan fingerprint density at radius 1 is 1.21 bits per heavy atom. The zero-order valence-corrected chi connectivity index (χ0v) is 12.8. The zero-order chi connectivity index (χ0) is 13.7. The average Bonchev–Trinajstić information content (AvgIpc) is 2.30. The van der Waals surface area contributed by atoms with Crippen molar-refractivity contribution in [1.82, 2.24) is 5.32 Å². The van der Waals surface area contributed by atoms with Gasteiger partial charge in [-0.2, -0.15) is 0 Å². The molecule has 19 heavy (non-hydrogen) atoms. The van der Waals surface area contributed by atoms with Crippen LogP contribution in [0.5, 0.6) is 0 Å². The Labute approximate surface area is 118 Å². The maximum Gasteiger partial charge on any atom is 0.00787 e. The number of rotatable bonds is 7. The SMILES string of the molecule is Cc1cccc(C2CC(NCCCCC(C)C)C2)c1. The van der Waals surface area contributed by atoms with Crippen LogP contribution in [0.15, 0.2) is 24.3 Å². The van der Waals surface area contributed by atoms with Crippen LogP contribution in [-0.4, -0.2) is 12.6 Å². The van der Waals surface area contributed by atoms with Gasteiger partial charge < -0.3 is 5.32 Å². The highest BCUT2D eigenvalue weighted by Crippen LogP contribution is 2.37. The molecule has 0 aromatic heterocycles. The second-order valence-electron chi connectivity index (χ2n) is 6.62. The van der Waals surface area contributed by atoms with E-state index in [1.807, 2.05) is 0 Å². The summed E-state index contributed by atoms with van der Waals surface area (Å²) < 4.78 is 0. The molecular formula is C18H29N. The van der Waals surface area contributed by atoms with Gasteiger partial charge in [0.05, 0.1) is 0 Å². The minimum Gasteiger partial charge on any atom is -0.314 e. The van der Waals surface area contributed by atoms with Crippen molar-refractivity contribution in [2.45, 2.75) is 64.8 Å². The normalized spacial score (nSPS) is 22.5. The van der Waals surface area contributed by atoms with Crippen molar-refractivity contribution in [1.29, 1.82) is 0 Å². The third-order valence-electron chi connectivity index (χ3n) is 4.29. The number of hydrogen-bond acceptors (Lipinski definition) is 1. The fraction of sp³-hybridized carbons (Fsp3) is 0.667. The van der Waals surface area contributed by atoms with Gasteiger partial charge in [-0.25, -0.2) is 0 Å². The lowest BCUT2D eigenvalue weighted by Crippen LogP contribution is -2.40. The molecule has 106 valence electrons. The van der Waals surface area contributed by atoms with E-state index >= 15 is 0 Å². The number of nitrogens with one attached hydrogen (secondary N) is 1. The molecule has 0 radical (unpaired) electrons. The van der Waals surface area contributed by atoms with Gasteiger partial charge in [-0.05, 0) is 50.1 Å². The molecule has 1 aromatic carbocycles. The standard InChI is InChI=1S/C18H29N/c1-14(2)7-4-5-10-19-18-12-17(13-18)16-9-6-8-15(3)11-16/h6,8-9,11,14,17-19H,4-5,7,10,12-13H2,1-3H3.